The second-order valence-corrected chi connectivity index (χ2v) is 6.01. The van der Waals surface area contributed by atoms with Gasteiger partial charge in [-0.2, -0.15) is 0 Å². The highest BCUT2D eigenvalue weighted by molar-refractivity contribution is 5.89. The van der Waals surface area contributed by atoms with Crippen LogP contribution in [0.15, 0.2) is 53.8 Å². The minimum Gasteiger partial charge on any atom is -0.497 e. The molecule has 0 fully saturated rings. The van der Waals surface area contributed by atoms with E-state index < -0.39 is 11.8 Å². The highest BCUT2D eigenvalue weighted by Crippen LogP contribution is 2.27. The SMILES string of the molecule is O=C(NO)C1C=CC2=C(C1)OCCCN(C(=O)Nc1ccccc1)C2. The van der Waals surface area contributed by atoms with Gasteiger partial charge in [0.05, 0.1) is 19.1 Å². The zero-order valence-electron chi connectivity index (χ0n) is 13.8. The smallest absolute Gasteiger partial charge is 0.322 e. The van der Waals surface area contributed by atoms with Gasteiger partial charge in [0.15, 0.2) is 0 Å². The van der Waals surface area contributed by atoms with Crippen LogP contribution in [-0.2, 0) is 9.53 Å². The molecule has 0 aromatic heterocycles. The highest BCUT2D eigenvalue weighted by Gasteiger charge is 2.26. The van der Waals surface area contributed by atoms with Gasteiger partial charge in [-0.3, -0.25) is 10.0 Å². The average Bonchev–Trinajstić information content (AvgIpc) is 2.62. The number of amides is 3. The van der Waals surface area contributed by atoms with E-state index in [1.807, 2.05) is 30.3 Å². The first-order valence-corrected chi connectivity index (χ1v) is 8.25. The fourth-order valence-corrected chi connectivity index (χ4v) is 2.91. The lowest BCUT2D eigenvalue weighted by Crippen LogP contribution is -2.39. The molecule has 1 aromatic rings. The number of rotatable bonds is 2. The molecule has 1 aliphatic carbocycles. The second-order valence-electron chi connectivity index (χ2n) is 6.01. The number of ether oxygens (including phenoxy) is 1. The number of hydrogen-bond acceptors (Lipinski definition) is 4. The van der Waals surface area contributed by atoms with Crippen molar-refractivity contribution >= 4 is 17.6 Å². The molecule has 0 saturated heterocycles. The number of para-hydroxylation sites is 1. The molecule has 0 bridgehead atoms. The van der Waals surface area contributed by atoms with Crippen LogP contribution in [0.1, 0.15) is 12.8 Å². The van der Waals surface area contributed by atoms with Crippen LogP contribution in [0.5, 0.6) is 0 Å². The standard InChI is InChI=1S/C18H21N3O4/c22-17(20-24)13-7-8-14-12-21(9-4-10-25-16(14)11-13)18(23)19-15-5-2-1-3-6-15/h1-3,5-8,13,24H,4,9-12H2,(H,19,23)(H,20,22). The maximum absolute atomic E-state index is 12.6. The predicted molar refractivity (Wildman–Crippen MR) is 91.8 cm³/mol. The molecule has 2 aliphatic rings. The Morgan fingerprint density at radius 3 is 2.80 bits per heavy atom. The van der Waals surface area contributed by atoms with Gasteiger partial charge in [-0.05, 0) is 18.6 Å². The highest BCUT2D eigenvalue weighted by atomic mass is 16.5. The van der Waals surface area contributed by atoms with Crippen molar-refractivity contribution in [2.45, 2.75) is 12.8 Å². The quantitative estimate of drug-likeness (QED) is 0.567. The van der Waals surface area contributed by atoms with Crippen LogP contribution >= 0.6 is 0 Å². The summed E-state index contributed by atoms with van der Waals surface area (Å²) in [4.78, 5) is 25.9. The van der Waals surface area contributed by atoms with Crippen molar-refractivity contribution in [3.8, 4) is 0 Å². The molecular weight excluding hydrogens is 322 g/mol. The summed E-state index contributed by atoms with van der Waals surface area (Å²) in [6.07, 6.45) is 4.61. The van der Waals surface area contributed by atoms with Crippen molar-refractivity contribution < 1.29 is 19.5 Å². The van der Waals surface area contributed by atoms with Crippen LogP contribution in [0.3, 0.4) is 0 Å². The Bertz CT molecular complexity index is 700. The Kier molecular flexibility index (Phi) is 5.35. The van der Waals surface area contributed by atoms with Gasteiger partial charge in [0, 0.05) is 24.2 Å². The van der Waals surface area contributed by atoms with Crippen molar-refractivity contribution in [2.75, 3.05) is 25.0 Å². The molecule has 7 nitrogen and oxygen atoms in total. The fourth-order valence-electron chi connectivity index (χ4n) is 2.91. The number of nitrogens with one attached hydrogen (secondary N) is 2. The van der Waals surface area contributed by atoms with E-state index in [1.54, 1.807) is 22.5 Å². The molecule has 25 heavy (non-hydrogen) atoms. The van der Waals surface area contributed by atoms with Crippen LogP contribution in [-0.4, -0.2) is 41.7 Å². The normalized spacial score (nSPS) is 20.0. The number of carbonyl (C=O) groups is 2. The maximum atomic E-state index is 12.6. The van der Waals surface area contributed by atoms with Gasteiger partial charge in [0.25, 0.3) is 5.91 Å². The molecule has 1 unspecified atom stereocenters. The lowest BCUT2D eigenvalue weighted by molar-refractivity contribution is -0.132. The van der Waals surface area contributed by atoms with E-state index >= 15 is 0 Å². The summed E-state index contributed by atoms with van der Waals surface area (Å²) in [5, 5.41) is 11.7. The average molecular weight is 343 g/mol. The van der Waals surface area contributed by atoms with E-state index in [2.05, 4.69) is 5.32 Å². The van der Waals surface area contributed by atoms with Crippen LogP contribution in [0.4, 0.5) is 10.5 Å². The third kappa shape index (κ3) is 4.19. The number of urea groups is 1. The first-order valence-electron chi connectivity index (χ1n) is 8.25. The Balaban J connectivity index is 1.71. The molecule has 132 valence electrons. The maximum Gasteiger partial charge on any atom is 0.322 e. The first-order chi connectivity index (χ1) is 12.2. The van der Waals surface area contributed by atoms with Gasteiger partial charge >= 0.3 is 6.03 Å². The lowest BCUT2D eigenvalue weighted by atomic mass is 9.93. The number of hydrogen-bond donors (Lipinski definition) is 3. The molecule has 1 aromatic carbocycles. The number of nitrogens with zero attached hydrogens (tertiary/aromatic N) is 1. The molecule has 1 atom stereocenters. The molecule has 3 N–H and O–H groups in total. The summed E-state index contributed by atoms with van der Waals surface area (Å²) in [7, 11) is 0. The van der Waals surface area contributed by atoms with Gasteiger partial charge in [-0.15, -0.1) is 0 Å². The van der Waals surface area contributed by atoms with Crippen molar-refractivity contribution in [1.29, 1.82) is 0 Å². The largest absolute Gasteiger partial charge is 0.497 e. The van der Waals surface area contributed by atoms with E-state index in [9.17, 15) is 9.59 Å². The van der Waals surface area contributed by atoms with Crippen LogP contribution in [0, 0.1) is 5.92 Å². The number of benzene rings is 1. The fraction of sp³-hybridized carbons (Fsp3) is 0.333. The molecule has 1 aliphatic heterocycles. The van der Waals surface area contributed by atoms with Crippen molar-refractivity contribution in [3.63, 3.8) is 0 Å². The number of allylic oxidation sites excluding steroid dienone is 1. The van der Waals surface area contributed by atoms with Crippen LogP contribution < -0.4 is 10.8 Å². The number of hydroxylamine groups is 1. The minimum absolute atomic E-state index is 0.163. The summed E-state index contributed by atoms with van der Waals surface area (Å²) in [5.41, 5.74) is 3.30. The summed E-state index contributed by atoms with van der Waals surface area (Å²) in [6.45, 7) is 1.48. The van der Waals surface area contributed by atoms with Crippen molar-refractivity contribution in [2.24, 2.45) is 5.92 Å². The second kappa shape index (κ2) is 7.85. The zero-order valence-corrected chi connectivity index (χ0v) is 13.8. The van der Waals surface area contributed by atoms with E-state index in [0.717, 1.165) is 11.3 Å². The Morgan fingerprint density at radius 2 is 2.04 bits per heavy atom. The molecule has 3 amide bonds. The summed E-state index contributed by atoms with van der Waals surface area (Å²) < 4.78 is 5.77. The topological polar surface area (TPSA) is 90.9 Å². The van der Waals surface area contributed by atoms with E-state index in [4.69, 9.17) is 9.94 Å². The Labute approximate surface area is 145 Å². The Hall–Kier alpha value is -2.80. The van der Waals surface area contributed by atoms with Gasteiger partial charge in [-0.25, -0.2) is 10.3 Å². The molecule has 7 heteroatoms. The molecular formula is C18H21N3O4. The molecule has 1 heterocycles. The third-order valence-electron chi connectivity index (χ3n) is 4.26. The van der Waals surface area contributed by atoms with E-state index in [0.29, 0.717) is 38.3 Å². The van der Waals surface area contributed by atoms with Crippen molar-refractivity contribution in [3.05, 3.63) is 53.8 Å². The van der Waals surface area contributed by atoms with Crippen LogP contribution in [0.2, 0.25) is 0 Å². The lowest BCUT2D eigenvalue weighted by Gasteiger charge is -2.30. The van der Waals surface area contributed by atoms with Gasteiger partial charge in [0.2, 0.25) is 0 Å². The minimum atomic E-state index is -0.466. The molecule has 0 saturated carbocycles. The zero-order chi connectivity index (χ0) is 17.6. The molecule has 0 spiro atoms. The predicted octanol–water partition coefficient (Wildman–Crippen LogP) is 2.28. The summed E-state index contributed by atoms with van der Waals surface area (Å²) in [6, 6.07) is 9.15. The van der Waals surface area contributed by atoms with E-state index in [-0.39, 0.29) is 6.03 Å². The van der Waals surface area contributed by atoms with Crippen LogP contribution in [0.25, 0.3) is 0 Å². The number of carbonyl (C=O) groups excluding carboxylic acids is 2. The van der Waals surface area contributed by atoms with Gasteiger partial charge in [-0.1, -0.05) is 30.4 Å². The van der Waals surface area contributed by atoms with E-state index in [1.165, 1.54) is 0 Å². The summed E-state index contributed by atoms with van der Waals surface area (Å²) in [5.74, 6) is -0.227. The Morgan fingerprint density at radius 1 is 1.24 bits per heavy atom. The monoisotopic (exact) mass is 343 g/mol. The number of anilines is 1. The first kappa shape index (κ1) is 17.0. The molecule has 3 rings (SSSR count). The molecule has 0 radical (unpaired) electrons. The van der Waals surface area contributed by atoms with Gasteiger partial charge in [0.1, 0.15) is 5.76 Å². The van der Waals surface area contributed by atoms with Crippen molar-refractivity contribution in [1.82, 2.24) is 10.4 Å². The third-order valence-corrected chi connectivity index (χ3v) is 4.26. The summed E-state index contributed by atoms with van der Waals surface area (Å²) >= 11 is 0. The van der Waals surface area contributed by atoms with Gasteiger partial charge < -0.3 is 15.0 Å².